The quantitative estimate of drug-likeness (QED) is 0.725. The first-order chi connectivity index (χ1) is 12.0. The zero-order valence-electron chi connectivity index (χ0n) is 13.4. The third-order valence-corrected chi connectivity index (χ3v) is 3.23. The van der Waals surface area contributed by atoms with Crippen molar-refractivity contribution in [3.63, 3.8) is 0 Å². The van der Waals surface area contributed by atoms with Gasteiger partial charge in [0.15, 0.2) is 0 Å². The molecule has 1 amide bonds. The number of fused-ring (bicyclic) bond motifs is 1. The summed E-state index contributed by atoms with van der Waals surface area (Å²) in [4.78, 5) is 30.6. The van der Waals surface area contributed by atoms with Crippen LogP contribution in [0.5, 0.6) is 0 Å². The molecule has 0 aliphatic carbocycles. The third kappa shape index (κ3) is 3.60. The Labute approximate surface area is 141 Å². The lowest BCUT2D eigenvalue weighted by Crippen LogP contribution is -2.18. The van der Waals surface area contributed by atoms with Crippen molar-refractivity contribution in [3.8, 4) is 11.3 Å². The fraction of sp³-hybridized carbons (Fsp3) is 0.188. The Morgan fingerprint density at radius 2 is 2.16 bits per heavy atom. The predicted octanol–water partition coefficient (Wildman–Crippen LogP) is 3.89. The maximum absolute atomic E-state index is 14.0. The molecule has 128 valence electrons. The Morgan fingerprint density at radius 1 is 1.36 bits per heavy atom. The fourth-order valence-corrected chi connectivity index (χ4v) is 2.21. The molecule has 0 aliphatic rings. The lowest BCUT2D eigenvalue weighted by molar-refractivity contribution is 0.130. The van der Waals surface area contributed by atoms with E-state index in [0.29, 0.717) is 11.5 Å². The fourth-order valence-electron chi connectivity index (χ4n) is 2.21. The average Bonchev–Trinajstić information content (AvgIpc) is 2.97. The summed E-state index contributed by atoms with van der Waals surface area (Å²) in [5.41, 5.74) is 0.916. The minimum absolute atomic E-state index is 0.0974. The molecule has 0 saturated heterocycles. The number of rotatable bonds is 4. The van der Waals surface area contributed by atoms with Gasteiger partial charge in [-0.25, -0.2) is 19.2 Å². The van der Waals surface area contributed by atoms with Gasteiger partial charge in [-0.3, -0.25) is 9.72 Å². The summed E-state index contributed by atoms with van der Waals surface area (Å²) < 4.78 is 20.5. The second kappa shape index (κ2) is 6.63. The molecule has 3 rings (SSSR count). The number of benzene rings is 1. The molecule has 0 unspecified atom stereocenters. The van der Waals surface area contributed by atoms with E-state index in [0.717, 1.165) is 6.07 Å². The number of nitrogens with zero attached hydrogens (tertiary/aromatic N) is 4. The summed E-state index contributed by atoms with van der Waals surface area (Å²) >= 11 is 0. The number of nitroso groups, excluding NO2 is 1. The molecule has 2 heterocycles. The van der Waals surface area contributed by atoms with Crippen molar-refractivity contribution in [2.75, 3.05) is 5.32 Å². The molecule has 8 nitrogen and oxygen atoms in total. The van der Waals surface area contributed by atoms with E-state index in [1.165, 1.54) is 28.9 Å². The summed E-state index contributed by atoms with van der Waals surface area (Å²) in [6.07, 6.45) is 3.66. The number of anilines is 1. The van der Waals surface area contributed by atoms with Crippen LogP contribution in [-0.2, 0) is 4.74 Å². The highest BCUT2D eigenvalue weighted by molar-refractivity contribution is 5.84. The van der Waals surface area contributed by atoms with E-state index in [1.807, 2.05) is 0 Å². The number of ether oxygens (including phenoxy) is 1. The van der Waals surface area contributed by atoms with E-state index >= 15 is 0 Å². The largest absolute Gasteiger partial charge is 0.447 e. The minimum atomic E-state index is -0.604. The van der Waals surface area contributed by atoms with E-state index < -0.39 is 11.9 Å². The van der Waals surface area contributed by atoms with E-state index in [1.54, 1.807) is 20.0 Å². The van der Waals surface area contributed by atoms with Crippen LogP contribution in [0.15, 0.2) is 42.0 Å². The SMILES string of the molecule is CC(C)OC(=O)Nc1cnc2nc(-c3cc(N=O)ccc3F)cn2c1. The molecule has 0 aliphatic heterocycles. The summed E-state index contributed by atoms with van der Waals surface area (Å²) in [6.45, 7) is 3.47. The number of imidazole rings is 1. The van der Waals surface area contributed by atoms with Crippen molar-refractivity contribution in [3.05, 3.63) is 47.5 Å². The maximum atomic E-state index is 14.0. The van der Waals surface area contributed by atoms with Crippen LogP contribution in [0.25, 0.3) is 17.0 Å². The highest BCUT2D eigenvalue weighted by atomic mass is 19.1. The smallest absolute Gasteiger partial charge is 0.411 e. The predicted molar refractivity (Wildman–Crippen MR) is 89.1 cm³/mol. The molecular weight excluding hydrogens is 329 g/mol. The highest BCUT2D eigenvalue weighted by Gasteiger charge is 2.13. The second-order valence-corrected chi connectivity index (χ2v) is 5.51. The number of hydrogen-bond acceptors (Lipinski definition) is 6. The number of hydrogen-bond donors (Lipinski definition) is 1. The Kier molecular flexibility index (Phi) is 4.38. The lowest BCUT2D eigenvalue weighted by Gasteiger charge is -2.09. The first-order valence-electron chi connectivity index (χ1n) is 7.42. The normalized spacial score (nSPS) is 10.9. The van der Waals surface area contributed by atoms with E-state index in [2.05, 4.69) is 20.5 Å². The van der Waals surface area contributed by atoms with Gasteiger partial charge in [0.25, 0.3) is 0 Å². The Morgan fingerprint density at radius 3 is 2.88 bits per heavy atom. The number of amides is 1. The van der Waals surface area contributed by atoms with Crippen LogP contribution in [0.3, 0.4) is 0 Å². The number of carbonyl (C=O) groups is 1. The summed E-state index contributed by atoms with van der Waals surface area (Å²) in [6, 6.07) is 3.74. The van der Waals surface area contributed by atoms with Gasteiger partial charge in [0.2, 0.25) is 5.78 Å². The van der Waals surface area contributed by atoms with Crippen molar-refractivity contribution < 1.29 is 13.9 Å². The summed E-state index contributed by atoms with van der Waals surface area (Å²) in [5.74, 6) is -0.226. The molecule has 0 radical (unpaired) electrons. The molecule has 9 heteroatoms. The van der Waals surface area contributed by atoms with Crippen LogP contribution in [-0.4, -0.2) is 26.6 Å². The zero-order chi connectivity index (χ0) is 18.0. The number of aromatic nitrogens is 3. The van der Waals surface area contributed by atoms with Gasteiger partial charge >= 0.3 is 6.09 Å². The van der Waals surface area contributed by atoms with Gasteiger partial charge in [-0.1, -0.05) is 0 Å². The van der Waals surface area contributed by atoms with Gasteiger partial charge in [-0.2, -0.15) is 0 Å². The topological polar surface area (TPSA) is 97.9 Å². The summed E-state index contributed by atoms with van der Waals surface area (Å²) in [7, 11) is 0. The molecule has 1 aromatic carbocycles. The monoisotopic (exact) mass is 343 g/mol. The standard InChI is InChI=1S/C16H14FN5O3/c1-9(2)25-16(23)19-11-6-18-15-20-14(8-22(15)7-11)12-5-10(21-24)3-4-13(12)17/h3-9H,1-2H3,(H,19,23). The molecule has 2 aromatic heterocycles. The Hall–Kier alpha value is -3.36. The molecule has 0 spiro atoms. The van der Waals surface area contributed by atoms with Crippen molar-refractivity contribution in [1.82, 2.24) is 14.4 Å². The van der Waals surface area contributed by atoms with Crippen LogP contribution in [0.1, 0.15) is 13.8 Å². The zero-order valence-corrected chi connectivity index (χ0v) is 13.4. The molecule has 0 bridgehead atoms. The lowest BCUT2D eigenvalue weighted by atomic mass is 10.1. The average molecular weight is 343 g/mol. The first kappa shape index (κ1) is 16.5. The molecule has 1 N–H and O–H groups in total. The Balaban J connectivity index is 1.93. The second-order valence-electron chi connectivity index (χ2n) is 5.51. The van der Waals surface area contributed by atoms with Crippen molar-refractivity contribution >= 4 is 23.2 Å². The highest BCUT2D eigenvalue weighted by Crippen LogP contribution is 2.27. The van der Waals surface area contributed by atoms with Gasteiger partial charge in [-0.05, 0) is 37.2 Å². The Bertz CT molecular complexity index is 954. The maximum Gasteiger partial charge on any atom is 0.411 e. The number of halogens is 1. The van der Waals surface area contributed by atoms with Crippen LogP contribution in [0.4, 0.5) is 20.6 Å². The number of carbonyl (C=O) groups excluding carboxylic acids is 1. The van der Waals surface area contributed by atoms with E-state index in [9.17, 15) is 14.1 Å². The summed E-state index contributed by atoms with van der Waals surface area (Å²) in [5, 5.41) is 5.34. The van der Waals surface area contributed by atoms with Gasteiger partial charge in [-0.15, -0.1) is 4.91 Å². The molecule has 0 atom stereocenters. The van der Waals surface area contributed by atoms with E-state index in [-0.39, 0.29) is 23.0 Å². The molecule has 25 heavy (non-hydrogen) atoms. The van der Waals surface area contributed by atoms with Gasteiger partial charge in [0.05, 0.1) is 23.7 Å². The molecular formula is C16H14FN5O3. The van der Waals surface area contributed by atoms with Crippen LogP contribution in [0.2, 0.25) is 0 Å². The number of nitrogens with one attached hydrogen (secondary N) is 1. The molecule has 0 fully saturated rings. The van der Waals surface area contributed by atoms with Crippen molar-refractivity contribution in [1.29, 1.82) is 0 Å². The van der Waals surface area contributed by atoms with Gasteiger partial charge in [0.1, 0.15) is 11.5 Å². The van der Waals surface area contributed by atoms with Crippen molar-refractivity contribution in [2.45, 2.75) is 20.0 Å². The third-order valence-electron chi connectivity index (χ3n) is 3.23. The van der Waals surface area contributed by atoms with Crippen LogP contribution in [0, 0.1) is 10.7 Å². The molecule has 3 aromatic rings. The van der Waals surface area contributed by atoms with Crippen molar-refractivity contribution in [2.24, 2.45) is 5.18 Å². The van der Waals surface area contributed by atoms with Crippen LogP contribution >= 0.6 is 0 Å². The van der Waals surface area contributed by atoms with E-state index in [4.69, 9.17) is 4.74 Å². The minimum Gasteiger partial charge on any atom is -0.447 e. The van der Waals surface area contributed by atoms with Gasteiger partial charge in [0, 0.05) is 18.0 Å². The molecule has 0 saturated carbocycles. The van der Waals surface area contributed by atoms with Gasteiger partial charge < -0.3 is 4.74 Å². The first-order valence-corrected chi connectivity index (χ1v) is 7.42. The van der Waals surface area contributed by atoms with Crippen LogP contribution < -0.4 is 5.32 Å².